The van der Waals surface area contributed by atoms with Gasteiger partial charge in [0, 0.05) is 12.0 Å². The van der Waals surface area contributed by atoms with Crippen molar-refractivity contribution in [3.63, 3.8) is 0 Å². The van der Waals surface area contributed by atoms with E-state index in [2.05, 4.69) is 0 Å². The number of aromatic hydroxyl groups is 1. The Balaban J connectivity index is 1.78. The highest BCUT2D eigenvalue weighted by molar-refractivity contribution is 6.55. The van der Waals surface area contributed by atoms with Gasteiger partial charge in [-0.05, 0) is 70.7 Å². The second kappa shape index (κ2) is 5.24. The Morgan fingerprint density at radius 1 is 1.12 bits per heavy atom. The van der Waals surface area contributed by atoms with Crippen molar-refractivity contribution in [2.24, 2.45) is 0 Å². The molecule has 1 N–H and O–H groups in total. The molecule has 0 atom stereocenters. The Bertz CT molecular complexity index is 736. The Hall–Kier alpha value is -1.53. The Kier molecular flexibility index (Phi) is 3.55. The minimum absolute atomic E-state index is 0.0890. The molecule has 2 aliphatic heterocycles. The van der Waals surface area contributed by atoms with E-state index in [0.717, 1.165) is 19.3 Å². The van der Waals surface area contributed by atoms with Crippen LogP contribution < -0.4 is 4.74 Å². The first-order valence-electron chi connectivity index (χ1n) is 8.89. The Labute approximate surface area is 148 Å². The van der Waals surface area contributed by atoms with E-state index in [4.69, 9.17) is 14.0 Å². The normalized spacial score (nSPS) is 27.5. The van der Waals surface area contributed by atoms with E-state index in [1.165, 1.54) is 0 Å². The minimum Gasteiger partial charge on any atom is -0.508 e. The van der Waals surface area contributed by atoms with E-state index in [0.29, 0.717) is 23.3 Å². The smallest absolute Gasteiger partial charge is 0.508 e. The van der Waals surface area contributed by atoms with Crippen LogP contribution >= 0.6 is 0 Å². The third-order valence-corrected chi connectivity index (χ3v) is 6.13. The summed E-state index contributed by atoms with van der Waals surface area (Å²) < 4.78 is 33.4. The second-order valence-corrected chi connectivity index (χ2v) is 8.41. The molecule has 1 saturated heterocycles. The van der Waals surface area contributed by atoms with Crippen molar-refractivity contribution >= 4 is 12.7 Å². The van der Waals surface area contributed by atoms with Gasteiger partial charge >= 0.3 is 7.12 Å². The molecule has 1 aromatic carbocycles. The van der Waals surface area contributed by atoms with E-state index in [9.17, 15) is 5.11 Å². The maximum absolute atomic E-state index is 15.5. The van der Waals surface area contributed by atoms with Crippen LogP contribution in [0.3, 0.4) is 0 Å². The summed E-state index contributed by atoms with van der Waals surface area (Å²) in [5.41, 5.74) is -0.840. The van der Waals surface area contributed by atoms with Crippen LogP contribution in [0, 0.1) is 0 Å². The maximum Gasteiger partial charge on any atom is 0.525 e. The third kappa shape index (κ3) is 2.58. The van der Waals surface area contributed by atoms with Gasteiger partial charge in [-0.3, -0.25) is 0 Å². The average molecular weight is 346 g/mol. The van der Waals surface area contributed by atoms with Crippen LogP contribution in [-0.4, -0.2) is 29.0 Å². The molecule has 25 heavy (non-hydrogen) atoms. The first-order chi connectivity index (χ1) is 11.6. The molecule has 4 nitrogen and oxygen atoms in total. The topological polar surface area (TPSA) is 47.9 Å². The molecule has 0 amide bonds. The molecule has 0 unspecified atom stereocenters. The average Bonchev–Trinajstić information content (AvgIpc) is 2.72. The number of phenols is 1. The Morgan fingerprint density at radius 3 is 2.32 bits per heavy atom. The van der Waals surface area contributed by atoms with Gasteiger partial charge in [0.1, 0.15) is 22.8 Å². The van der Waals surface area contributed by atoms with Gasteiger partial charge in [0.25, 0.3) is 0 Å². The number of fused-ring (bicyclic) bond motifs is 1. The van der Waals surface area contributed by atoms with E-state index in [1.54, 1.807) is 18.2 Å². The number of hydrogen-bond donors (Lipinski definition) is 1. The fourth-order valence-corrected chi connectivity index (χ4v) is 3.68. The van der Waals surface area contributed by atoms with Crippen LogP contribution in [0.15, 0.2) is 23.9 Å². The van der Waals surface area contributed by atoms with Crippen LogP contribution in [-0.2, 0) is 9.31 Å². The van der Waals surface area contributed by atoms with Gasteiger partial charge in [-0.25, -0.2) is 4.39 Å². The van der Waals surface area contributed by atoms with Gasteiger partial charge in [-0.2, -0.15) is 0 Å². The molecule has 3 aliphatic rings. The lowest BCUT2D eigenvalue weighted by Crippen LogP contribution is -2.45. The molecule has 1 saturated carbocycles. The summed E-state index contributed by atoms with van der Waals surface area (Å²) in [7, 11) is -1.04. The standard InChI is InChI=1S/C19H24BFO4/c1-17(2)18(3,4)25-20(24-17)16(21)14-11-19(8-5-9-19)23-15-7-6-12(22)10-13(14)15/h6-7,10,22H,5,8-9,11H2,1-4H3. The predicted molar refractivity (Wildman–Crippen MR) is 94.0 cm³/mol. The lowest BCUT2D eigenvalue weighted by molar-refractivity contribution is -0.00803. The molecule has 2 fully saturated rings. The van der Waals surface area contributed by atoms with Crippen molar-refractivity contribution in [2.75, 3.05) is 0 Å². The summed E-state index contributed by atoms with van der Waals surface area (Å²) in [6.07, 6.45) is 3.37. The summed E-state index contributed by atoms with van der Waals surface area (Å²) in [4.78, 5) is 0. The van der Waals surface area contributed by atoms with Gasteiger partial charge in [-0.15, -0.1) is 0 Å². The van der Waals surface area contributed by atoms with E-state index < -0.39 is 24.0 Å². The van der Waals surface area contributed by atoms with E-state index in [-0.39, 0.29) is 11.4 Å². The summed E-state index contributed by atoms with van der Waals surface area (Å²) in [6.45, 7) is 7.62. The zero-order valence-electron chi connectivity index (χ0n) is 15.2. The third-order valence-electron chi connectivity index (χ3n) is 6.13. The van der Waals surface area contributed by atoms with Crippen molar-refractivity contribution in [1.82, 2.24) is 0 Å². The molecular formula is C19H24BFO4. The van der Waals surface area contributed by atoms with Crippen LogP contribution in [0.25, 0.3) is 5.57 Å². The largest absolute Gasteiger partial charge is 0.525 e. The first-order valence-corrected chi connectivity index (χ1v) is 8.89. The number of hydrogen-bond acceptors (Lipinski definition) is 4. The van der Waals surface area contributed by atoms with Crippen molar-refractivity contribution in [3.8, 4) is 11.5 Å². The molecule has 0 aromatic heterocycles. The molecule has 6 heteroatoms. The lowest BCUT2D eigenvalue weighted by Gasteiger charge is -2.46. The first kappa shape index (κ1) is 16.9. The summed E-state index contributed by atoms with van der Waals surface area (Å²) in [5.74, 6) is 0.705. The number of benzene rings is 1. The number of rotatable bonds is 1. The molecule has 4 rings (SSSR count). The Morgan fingerprint density at radius 2 is 1.76 bits per heavy atom. The van der Waals surface area contributed by atoms with Crippen LogP contribution in [0.2, 0.25) is 0 Å². The molecule has 134 valence electrons. The van der Waals surface area contributed by atoms with E-state index in [1.807, 2.05) is 27.7 Å². The summed E-state index contributed by atoms with van der Waals surface area (Å²) in [5, 5.41) is 9.86. The molecular weight excluding hydrogens is 322 g/mol. The van der Waals surface area contributed by atoms with Gasteiger partial charge in [0.05, 0.1) is 11.2 Å². The molecule has 1 aromatic rings. The molecule has 1 aliphatic carbocycles. The molecule has 0 bridgehead atoms. The fourth-order valence-electron chi connectivity index (χ4n) is 3.68. The van der Waals surface area contributed by atoms with Crippen molar-refractivity contribution in [1.29, 1.82) is 0 Å². The highest BCUT2D eigenvalue weighted by Crippen LogP contribution is 2.52. The van der Waals surface area contributed by atoms with Crippen molar-refractivity contribution in [2.45, 2.75) is 70.2 Å². The molecule has 0 radical (unpaired) electrons. The highest BCUT2D eigenvalue weighted by atomic mass is 19.1. The molecule has 2 heterocycles. The van der Waals surface area contributed by atoms with Gasteiger partial charge in [0.2, 0.25) is 0 Å². The van der Waals surface area contributed by atoms with Gasteiger partial charge in [-0.1, -0.05) is 0 Å². The maximum atomic E-state index is 15.5. The van der Waals surface area contributed by atoms with E-state index >= 15 is 4.39 Å². The van der Waals surface area contributed by atoms with Gasteiger partial charge < -0.3 is 19.2 Å². The summed E-state index contributed by atoms with van der Waals surface area (Å²) in [6, 6.07) is 4.84. The SMILES string of the molecule is CC1(C)OB(C(F)=C2CC3(CCC3)Oc3ccc(O)cc32)OC1(C)C. The van der Waals surface area contributed by atoms with Crippen molar-refractivity contribution < 1.29 is 23.5 Å². The fraction of sp³-hybridized carbons (Fsp3) is 0.579. The van der Waals surface area contributed by atoms with Crippen molar-refractivity contribution in [3.05, 3.63) is 29.5 Å². The van der Waals surface area contributed by atoms with Crippen LogP contribution in [0.1, 0.15) is 58.9 Å². The molecule has 1 spiro atoms. The zero-order chi connectivity index (χ0) is 18.0. The number of halogens is 1. The minimum atomic E-state index is -1.04. The number of phenolic OH excluding ortho intramolecular Hbond substituents is 1. The quantitative estimate of drug-likeness (QED) is 0.766. The monoisotopic (exact) mass is 346 g/mol. The number of ether oxygens (including phenoxy) is 1. The lowest BCUT2D eigenvalue weighted by atomic mass is 9.70. The van der Waals surface area contributed by atoms with Crippen LogP contribution in [0.4, 0.5) is 4.39 Å². The van der Waals surface area contributed by atoms with Crippen LogP contribution in [0.5, 0.6) is 11.5 Å². The predicted octanol–water partition coefficient (Wildman–Crippen LogP) is 4.41. The zero-order valence-corrected chi connectivity index (χ0v) is 15.2. The van der Waals surface area contributed by atoms with Gasteiger partial charge in [0.15, 0.2) is 0 Å². The summed E-state index contributed by atoms with van der Waals surface area (Å²) >= 11 is 0. The second-order valence-electron chi connectivity index (χ2n) is 8.41. The highest BCUT2D eigenvalue weighted by Gasteiger charge is 2.55.